The van der Waals surface area contributed by atoms with Gasteiger partial charge in [0.1, 0.15) is 5.76 Å². The fourth-order valence-corrected chi connectivity index (χ4v) is 1.36. The molecule has 78 valence electrons. The van der Waals surface area contributed by atoms with Crippen LogP contribution in [-0.4, -0.2) is 24.0 Å². The molecule has 4 heteroatoms. The number of hydrogen-bond acceptors (Lipinski definition) is 4. The van der Waals surface area contributed by atoms with Crippen LogP contribution in [0, 0.1) is 0 Å². The highest BCUT2D eigenvalue weighted by atomic mass is 16.5. The standard InChI is InChI=1S/C11H12N2O2/c14-11(9-1-5-12-6-2-9)15-10-3-7-13-8-4-10/h1-3,5-6,13H,4,7-8H2. The van der Waals surface area contributed by atoms with Gasteiger partial charge >= 0.3 is 5.97 Å². The van der Waals surface area contributed by atoms with Crippen molar-refractivity contribution >= 4 is 5.97 Å². The summed E-state index contributed by atoms with van der Waals surface area (Å²) in [5, 5.41) is 3.15. The molecule has 0 amide bonds. The van der Waals surface area contributed by atoms with E-state index in [1.807, 2.05) is 6.08 Å². The highest BCUT2D eigenvalue weighted by molar-refractivity contribution is 5.89. The summed E-state index contributed by atoms with van der Waals surface area (Å²) in [5.41, 5.74) is 0.532. The first kappa shape index (κ1) is 9.86. The third kappa shape index (κ3) is 2.63. The van der Waals surface area contributed by atoms with Crippen molar-refractivity contribution in [3.63, 3.8) is 0 Å². The summed E-state index contributed by atoms with van der Waals surface area (Å²) >= 11 is 0. The molecule has 0 fully saturated rings. The molecule has 0 radical (unpaired) electrons. The molecule has 1 aliphatic rings. The lowest BCUT2D eigenvalue weighted by atomic mass is 10.2. The molecule has 2 rings (SSSR count). The molecule has 0 saturated heterocycles. The van der Waals surface area contributed by atoms with Crippen LogP contribution in [0.4, 0.5) is 0 Å². The molecular weight excluding hydrogens is 192 g/mol. The monoisotopic (exact) mass is 204 g/mol. The average molecular weight is 204 g/mol. The van der Waals surface area contributed by atoms with Crippen LogP contribution in [0.2, 0.25) is 0 Å². The summed E-state index contributed by atoms with van der Waals surface area (Å²) in [5.74, 6) is 0.432. The second-order valence-corrected chi connectivity index (χ2v) is 3.25. The average Bonchev–Trinajstić information content (AvgIpc) is 2.31. The minimum absolute atomic E-state index is 0.314. The Labute approximate surface area is 88.0 Å². The highest BCUT2D eigenvalue weighted by Gasteiger charge is 2.11. The maximum Gasteiger partial charge on any atom is 0.343 e. The summed E-state index contributed by atoms with van der Waals surface area (Å²) in [6.45, 7) is 1.62. The van der Waals surface area contributed by atoms with Crippen LogP contribution in [0.25, 0.3) is 0 Å². The smallest absolute Gasteiger partial charge is 0.343 e. The summed E-state index contributed by atoms with van der Waals surface area (Å²) in [7, 11) is 0. The Hall–Kier alpha value is -1.68. The SMILES string of the molecule is O=C(OC1=CCNCC1)c1ccncc1. The zero-order chi connectivity index (χ0) is 10.5. The number of carbonyl (C=O) groups is 1. The Morgan fingerprint density at radius 2 is 2.20 bits per heavy atom. The van der Waals surface area contributed by atoms with Crippen molar-refractivity contribution in [2.75, 3.05) is 13.1 Å². The number of ether oxygens (including phenoxy) is 1. The third-order valence-corrected chi connectivity index (χ3v) is 2.16. The number of pyridine rings is 1. The molecule has 1 N–H and O–H groups in total. The Bertz CT molecular complexity index is 373. The number of esters is 1. The molecule has 0 saturated carbocycles. The van der Waals surface area contributed by atoms with E-state index in [0.717, 1.165) is 25.3 Å². The number of nitrogens with zero attached hydrogens (tertiary/aromatic N) is 1. The summed E-state index contributed by atoms with van der Waals surface area (Å²) in [6, 6.07) is 3.29. The Morgan fingerprint density at radius 3 is 2.87 bits per heavy atom. The van der Waals surface area contributed by atoms with Crippen molar-refractivity contribution in [3.05, 3.63) is 41.9 Å². The summed E-state index contributed by atoms with van der Waals surface area (Å²) in [6.07, 6.45) is 5.81. The maximum atomic E-state index is 11.6. The van der Waals surface area contributed by atoms with E-state index in [4.69, 9.17) is 4.74 Å². The van der Waals surface area contributed by atoms with Crippen molar-refractivity contribution in [3.8, 4) is 0 Å². The van der Waals surface area contributed by atoms with E-state index in [9.17, 15) is 4.79 Å². The molecule has 4 nitrogen and oxygen atoms in total. The third-order valence-electron chi connectivity index (χ3n) is 2.16. The first-order valence-electron chi connectivity index (χ1n) is 4.88. The van der Waals surface area contributed by atoms with Gasteiger partial charge in [0.25, 0.3) is 0 Å². The van der Waals surface area contributed by atoms with Gasteiger partial charge in [-0.2, -0.15) is 0 Å². The van der Waals surface area contributed by atoms with Gasteiger partial charge in [-0.25, -0.2) is 4.79 Å². The van der Waals surface area contributed by atoms with Crippen LogP contribution < -0.4 is 5.32 Å². The molecule has 0 atom stereocenters. The molecule has 2 heterocycles. The van der Waals surface area contributed by atoms with E-state index in [2.05, 4.69) is 10.3 Å². The largest absolute Gasteiger partial charge is 0.428 e. The van der Waals surface area contributed by atoms with Gasteiger partial charge < -0.3 is 10.1 Å². The molecule has 0 unspecified atom stereocenters. The van der Waals surface area contributed by atoms with Gasteiger partial charge in [0, 0.05) is 31.9 Å². The molecule has 0 bridgehead atoms. The molecule has 0 aromatic carbocycles. The number of aromatic nitrogens is 1. The fraction of sp³-hybridized carbons (Fsp3) is 0.273. The fourth-order valence-electron chi connectivity index (χ4n) is 1.36. The Kier molecular flexibility index (Phi) is 3.09. The van der Waals surface area contributed by atoms with Crippen LogP contribution in [0.5, 0.6) is 0 Å². The number of nitrogens with one attached hydrogen (secondary N) is 1. The first-order chi connectivity index (χ1) is 7.36. The van der Waals surface area contributed by atoms with E-state index in [1.165, 1.54) is 0 Å². The lowest BCUT2D eigenvalue weighted by molar-refractivity contribution is 0.0610. The van der Waals surface area contributed by atoms with Gasteiger partial charge in [-0.3, -0.25) is 4.98 Å². The lowest BCUT2D eigenvalue weighted by Crippen LogP contribution is -2.22. The number of rotatable bonds is 2. The van der Waals surface area contributed by atoms with Crippen LogP contribution in [0.3, 0.4) is 0 Å². The molecule has 0 aliphatic carbocycles. The van der Waals surface area contributed by atoms with E-state index in [-0.39, 0.29) is 5.97 Å². The minimum atomic E-state index is -0.314. The van der Waals surface area contributed by atoms with Crippen molar-refractivity contribution in [1.82, 2.24) is 10.3 Å². The molecular formula is C11H12N2O2. The van der Waals surface area contributed by atoms with Gasteiger partial charge in [0.15, 0.2) is 0 Å². The van der Waals surface area contributed by atoms with E-state index >= 15 is 0 Å². The quantitative estimate of drug-likeness (QED) is 0.733. The number of hydrogen-bond donors (Lipinski definition) is 1. The van der Waals surface area contributed by atoms with Crippen molar-refractivity contribution in [2.24, 2.45) is 0 Å². The van der Waals surface area contributed by atoms with Gasteiger partial charge in [-0.1, -0.05) is 0 Å². The van der Waals surface area contributed by atoms with Crippen molar-refractivity contribution in [1.29, 1.82) is 0 Å². The van der Waals surface area contributed by atoms with Crippen LogP contribution in [0.15, 0.2) is 36.4 Å². The first-order valence-corrected chi connectivity index (χ1v) is 4.88. The summed E-state index contributed by atoms with van der Waals surface area (Å²) < 4.78 is 5.23. The lowest BCUT2D eigenvalue weighted by Gasteiger charge is -2.13. The predicted molar refractivity (Wildman–Crippen MR) is 55.2 cm³/mol. The normalized spacial score (nSPS) is 15.6. The molecule has 0 spiro atoms. The van der Waals surface area contributed by atoms with Gasteiger partial charge in [-0.15, -0.1) is 0 Å². The molecule has 15 heavy (non-hydrogen) atoms. The molecule has 1 aromatic rings. The zero-order valence-corrected chi connectivity index (χ0v) is 8.27. The molecule has 1 aliphatic heterocycles. The van der Waals surface area contributed by atoms with Crippen LogP contribution in [0.1, 0.15) is 16.8 Å². The topological polar surface area (TPSA) is 51.2 Å². The zero-order valence-electron chi connectivity index (χ0n) is 8.27. The Balaban J connectivity index is 2.01. The van der Waals surface area contributed by atoms with E-state index in [0.29, 0.717) is 5.56 Å². The number of carbonyl (C=O) groups excluding carboxylic acids is 1. The summed E-state index contributed by atoms with van der Waals surface area (Å²) in [4.78, 5) is 15.4. The molecule has 1 aromatic heterocycles. The second kappa shape index (κ2) is 4.70. The van der Waals surface area contributed by atoms with Gasteiger partial charge in [0.2, 0.25) is 0 Å². The van der Waals surface area contributed by atoms with Crippen molar-refractivity contribution in [2.45, 2.75) is 6.42 Å². The van der Waals surface area contributed by atoms with E-state index in [1.54, 1.807) is 24.5 Å². The van der Waals surface area contributed by atoms with Gasteiger partial charge in [-0.05, 0) is 18.2 Å². The van der Waals surface area contributed by atoms with E-state index < -0.39 is 0 Å². The maximum absolute atomic E-state index is 11.6. The van der Waals surface area contributed by atoms with Crippen molar-refractivity contribution < 1.29 is 9.53 Å². The second-order valence-electron chi connectivity index (χ2n) is 3.25. The minimum Gasteiger partial charge on any atom is -0.428 e. The predicted octanol–water partition coefficient (Wildman–Crippen LogP) is 1.12. The van der Waals surface area contributed by atoms with Crippen LogP contribution >= 0.6 is 0 Å². The van der Waals surface area contributed by atoms with Gasteiger partial charge in [0.05, 0.1) is 5.56 Å². The highest BCUT2D eigenvalue weighted by Crippen LogP contribution is 2.10. The van der Waals surface area contributed by atoms with Crippen LogP contribution in [-0.2, 0) is 4.74 Å². The Morgan fingerprint density at radius 1 is 1.40 bits per heavy atom.